The van der Waals surface area contributed by atoms with E-state index in [1.54, 1.807) is 0 Å². The minimum atomic E-state index is -0.715. The summed E-state index contributed by atoms with van der Waals surface area (Å²) in [5.41, 5.74) is 13.4. The van der Waals surface area contributed by atoms with E-state index in [-0.39, 0.29) is 12.0 Å². The molecule has 0 N–H and O–H groups in total. The predicted molar refractivity (Wildman–Crippen MR) is 282 cm³/mol. The number of hydrogen-bond donors (Lipinski definition) is 0. The van der Waals surface area contributed by atoms with Crippen LogP contribution in [-0.4, -0.2) is 25.9 Å². The van der Waals surface area contributed by atoms with Crippen molar-refractivity contribution >= 4 is 56.2 Å². The molecule has 9 rings (SSSR count). The number of rotatable bonds is 15. The van der Waals surface area contributed by atoms with E-state index in [1.165, 1.54) is 33.4 Å². The molecule has 6 heteroatoms. The van der Waals surface area contributed by atoms with Crippen LogP contribution in [0.1, 0.15) is 119 Å². The van der Waals surface area contributed by atoms with Crippen molar-refractivity contribution < 1.29 is 18.9 Å². The minimum Gasteiger partial charge on any atom is -0.489 e. The van der Waals surface area contributed by atoms with Crippen molar-refractivity contribution in [2.75, 3.05) is 19.8 Å². The summed E-state index contributed by atoms with van der Waals surface area (Å²) in [7, 11) is 0. The molecule has 66 heavy (non-hydrogen) atoms. The first-order valence-electron chi connectivity index (χ1n) is 24.1. The van der Waals surface area contributed by atoms with Crippen LogP contribution in [0.5, 0.6) is 23.0 Å². The molecule has 0 saturated carbocycles. The molecular weight excluding hydrogens is 944 g/mol. The van der Waals surface area contributed by atoms with Crippen LogP contribution in [0, 0.1) is 23.7 Å². The highest BCUT2D eigenvalue weighted by Gasteiger charge is 2.53. The van der Waals surface area contributed by atoms with Crippen molar-refractivity contribution in [2.45, 2.75) is 85.7 Å². The van der Waals surface area contributed by atoms with Gasteiger partial charge in [-0.25, -0.2) is 0 Å². The van der Waals surface area contributed by atoms with Crippen LogP contribution in [-0.2, 0) is 5.41 Å². The fourth-order valence-corrected chi connectivity index (χ4v) is 10.4. The zero-order chi connectivity index (χ0) is 46.1. The Bertz CT molecular complexity index is 2660. The molecule has 340 valence electrons. The van der Waals surface area contributed by atoms with Crippen molar-refractivity contribution in [3.05, 3.63) is 163 Å². The summed E-state index contributed by atoms with van der Waals surface area (Å²) >= 11 is 7.22. The van der Waals surface area contributed by atoms with Gasteiger partial charge in [0.05, 0.1) is 25.2 Å². The zero-order valence-corrected chi connectivity index (χ0v) is 42.6. The number of halogens is 2. The third-order valence-corrected chi connectivity index (χ3v) is 15.5. The van der Waals surface area contributed by atoms with Crippen molar-refractivity contribution in [1.82, 2.24) is 0 Å². The lowest BCUT2D eigenvalue weighted by Gasteiger charge is -2.32. The summed E-state index contributed by atoms with van der Waals surface area (Å²) < 4.78 is 29.9. The smallest absolute Gasteiger partial charge is 0.162 e. The summed E-state index contributed by atoms with van der Waals surface area (Å²) in [5.74, 6) is 4.62. The van der Waals surface area contributed by atoms with Gasteiger partial charge in [0.25, 0.3) is 0 Å². The molecule has 3 aliphatic rings. The molecule has 1 aliphatic heterocycles. The van der Waals surface area contributed by atoms with Gasteiger partial charge in [-0.15, -0.1) is 0 Å². The van der Waals surface area contributed by atoms with Gasteiger partial charge < -0.3 is 18.9 Å². The molecule has 1 heterocycles. The molecule has 0 bridgehead atoms. The van der Waals surface area contributed by atoms with Gasteiger partial charge in [0, 0.05) is 14.9 Å². The summed E-state index contributed by atoms with van der Waals surface area (Å²) in [6.45, 7) is 17.6. The normalized spacial score (nSPS) is 19.3. The van der Waals surface area contributed by atoms with E-state index in [2.05, 4.69) is 214 Å². The Kier molecular flexibility index (Phi) is 13.7. The number of hydrogen-bond acceptors (Lipinski definition) is 4. The first-order chi connectivity index (χ1) is 32.0. The molecule has 0 amide bonds. The SMILES string of the molecule is CCC(C)COc1cc2c(cc1OCC(C)CC)C1(c3cc(C=Cc4ccc(Br)cc4)ccc3-c3ccc(C=Cc4ccc(Br)cc4)cc31)c1cc3c(cc1-2)OC(C(C)CC)C(CC)CO3. The Hall–Kier alpha value is -5.04. The lowest BCUT2D eigenvalue weighted by molar-refractivity contribution is 0.0714. The molecule has 6 aromatic carbocycles. The summed E-state index contributed by atoms with van der Waals surface area (Å²) in [6.07, 6.45) is 13.0. The second-order valence-corrected chi connectivity index (χ2v) is 20.7. The maximum Gasteiger partial charge on any atom is 0.162 e. The van der Waals surface area contributed by atoms with Crippen molar-refractivity contribution in [3.8, 4) is 45.3 Å². The van der Waals surface area contributed by atoms with Gasteiger partial charge in [0.15, 0.2) is 23.0 Å². The molecule has 5 unspecified atom stereocenters. The maximum atomic E-state index is 7.16. The van der Waals surface area contributed by atoms with Gasteiger partial charge in [-0.3, -0.25) is 0 Å². The first-order valence-corrected chi connectivity index (χ1v) is 25.7. The Morgan fingerprint density at radius 3 is 1.53 bits per heavy atom. The Balaban J connectivity index is 1.32. The van der Waals surface area contributed by atoms with E-state index in [4.69, 9.17) is 18.9 Å². The molecule has 6 aromatic rings. The quantitative estimate of drug-likeness (QED) is 0.0959. The third kappa shape index (κ3) is 8.81. The van der Waals surface area contributed by atoms with Crippen LogP contribution in [0.4, 0.5) is 0 Å². The van der Waals surface area contributed by atoms with Gasteiger partial charge >= 0.3 is 0 Å². The Labute approximate surface area is 409 Å². The topological polar surface area (TPSA) is 36.9 Å². The van der Waals surface area contributed by atoms with Crippen LogP contribution in [0.2, 0.25) is 0 Å². The number of fused-ring (bicyclic) bond motifs is 11. The first kappa shape index (κ1) is 46.1. The fraction of sp³-hybridized carbons (Fsp3) is 0.333. The van der Waals surface area contributed by atoms with Crippen LogP contribution in [0.15, 0.2) is 118 Å². The lowest BCUT2D eigenvalue weighted by atomic mass is 9.70. The number of benzene rings is 6. The minimum absolute atomic E-state index is 0.0490. The summed E-state index contributed by atoms with van der Waals surface area (Å²) in [5, 5.41) is 0. The van der Waals surface area contributed by atoms with Crippen LogP contribution < -0.4 is 18.9 Å². The highest BCUT2D eigenvalue weighted by Crippen LogP contribution is 2.65. The molecule has 0 aromatic heterocycles. The molecule has 1 spiro atoms. The molecule has 0 saturated heterocycles. The van der Waals surface area contributed by atoms with E-state index in [0.717, 1.165) is 91.0 Å². The van der Waals surface area contributed by atoms with Crippen molar-refractivity contribution in [2.24, 2.45) is 23.7 Å². The van der Waals surface area contributed by atoms with Gasteiger partial charge in [-0.1, -0.05) is 172 Å². The van der Waals surface area contributed by atoms with E-state index < -0.39 is 5.41 Å². The lowest BCUT2D eigenvalue weighted by Crippen LogP contribution is -2.34. The third-order valence-electron chi connectivity index (χ3n) is 14.5. The van der Waals surface area contributed by atoms with Gasteiger partial charge in [-0.05, 0) is 152 Å². The highest BCUT2D eigenvalue weighted by atomic mass is 79.9. The summed E-state index contributed by atoms with van der Waals surface area (Å²) in [6, 6.07) is 40.1. The van der Waals surface area contributed by atoms with E-state index in [9.17, 15) is 0 Å². The van der Waals surface area contributed by atoms with Crippen LogP contribution in [0.25, 0.3) is 46.6 Å². The van der Waals surface area contributed by atoms with E-state index in [1.807, 2.05) is 0 Å². The second kappa shape index (κ2) is 19.7. The van der Waals surface area contributed by atoms with Gasteiger partial charge in [0.1, 0.15) is 6.10 Å². The average molecular weight is 1010 g/mol. The monoisotopic (exact) mass is 1000 g/mol. The molecule has 4 nitrogen and oxygen atoms in total. The largest absolute Gasteiger partial charge is 0.489 e. The van der Waals surface area contributed by atoms with Gasteiger partial charge in [-0.2, -0.15) is 0 Å². The second-order valence-electron chi connectivity index (χ2n) is 18.9. The Morgan fingerprint density at radius 1 is 0.545 bits per heavy atom. The average Bonchev–Trinajstić information content (AvgIpc) is 3.69. The summed E-state index contributed by atoms with van der Waals surface area (Å²) in [4.78, 5) is 0. The standard InChI is InChI=1S/C60H62Br2O4/c1-8-37(5)34-63-55-30-49-50-31-58-57(65-36-44(11-4)59(66-58)39(7)10-3)33-54(50)60(53(49)32-56(55)64-35-38(6)9-2)51-28-42(14-12-40-16-22-45(61)23-17-40)20-26-47(51)48-27-21-43(29-52(48)60)15-13-41-18-24-46(62)25-19-41/h12-33,37-39,44,59H,8-11,34-36H2,1-7H3. The Morgan fingerprint density at radius 2 is 1.02 bits per heavy atom. The van der Waals surface area contributed by atoms with E-state index in [0.29, 0.717) is 37.6 Å². The highest BCUT2D eigenvalue weighted by molar-refractivity contribution is 9.10. The maximum absolute atomic E-state index is 7.16. The van der Waals surface area contributed by atoms with E-state index >= 15 is 0 Å². The predicted octanol–water partition coefficient (Wildman–Crippen LogP) is 17.0. The molecule has 2 aliphatic carbocycles. The molecule has 0 radical (unpaired) electrons. The van der Waals surface area contributed by atoms with Gasteiger partial charge in [0.2, 0.25) is 0 Å². The molecule has 5 atom stereocenters. The van der Waals surface area contributed by atoms with Crippen molar-refractivity contribution in [1.29, 1.82) is 0 Å². The number of ether oxygens (including phenoxy) is 4. The van der Waals surface area contributed by atoms with Crippen molar-refractivity contribution in [3.63, 3.8) is 0 Å². The van der Waals surface area contributed by atoms with Crippen LogP contribution in [0.3, 0.4) is 0 Å². The zero-order valence-electron chi connectivity index (χ0n) is 39.4. The van der Waals surface area contributed by atoms with Crippen LogP contribution >= 0.6 is 31.9 Å². The molecular formula is C60H62Br2O4. The fourth-order valence-electron chi connectivity index (χ4n) is 9.84. The molecule has 0 fully saturated rings.